The number of carbonyl (C=O) groups excluding carboxylic acids is 1. The van der Waals surface area contributed by atoms with Crippen LogP contribution in [0.15, 0.2) is 24.3 Å². The largest absolute Gasteiger partial charge is 0.370 e. The molecular formula is C21H30N2O4S. The van der Waals surface area contributed by atoms with Crippen molar-refractivity contribution >= 4 is 15.9 Å². The van der Waals surface area contributed by atoms with Gasteiger partial charge in [-0.15, -0.1) is 0 Å². The Hall–Kier alpha value is -1.44. The number of hydrogen-bond acceptors (Lipinski definition) is 4. The Morgan fingerprint density at radius 1 is 1.25 bits per heavy atom. The first-order valence-corrected chi connectivity index (χ1v) is 11.9. The lowest BCUT2D eigenvalue weighted by Crippen LogP contribution is -2.59. The first kappa shape index (κ1) is 19.9. The third kappa shape index (κ3) is 4.42. The fourth-order valence-electron chi connectivity index (χ4n) is 4.35. The number of nitrogens with one attached hydrogen (secondary N) is 1. The minimum atomic E-state index is -3.14. The maximum atomic E-state index is 12.6. The Morgan fingerprint density at radius 2 is 1.93 bits per heavy atom. The number of rotatable bonds is 7. The van der Waals surface area contributed by atoms with E-state index in [9.17, 15) is 13.2 Å². The third-order valence-corrected chi connectivity index (χ3v) is 8.31. The Morgan fingerprint density at radius 3 is 2.57 bits per heavy atom. The standard InChI is InChI=1S/C21H30N2O4S/c1-16-4-2-3-5-17(16)6-9-20(24)23-12-10-21(11-13-23)14-18(27-21)15-22-28(25,26)19-7-8-19/h2-5,18-19,22H,6-15H2,1H3/t18-/m1/s1. The fourth-order valence-corrected chi connectivity index (χ4v) is 5.76. The van der Waals surface area contributed by atoms with Gasteiger partial charge in [0.2, 0.25) is 15.9 Å². The molecule has 1 aromatic carbocycles. The van der Waals surface area contributed by atoms with Gasteiger partial charge in [0.1, 0.15) is 0 Å². The highest BCUT2D eigenvalue weighted by atomic mass is 32.2. The first-order chi connectivity index (χ1) is 13.4. The molecule has 1 atom stereocenters. The van der Waals surface area contributed by atoms with Gasteiger partial charge in [-0.3, -0.25) is 4.79 Å². The lowest BCUT2D eigenvalue weighted by atomic mass is 9.80. The predicted molar refractivity (Wildman–Crippen MR) is 107 cm³/mol. The fraction of sp³-hybridized carbons (Fsp3) is 0.667. The number of aryl methyl sites for hydroxylation is 2. The second-order valence-electron chi connectivity index (χ2n) is 8.53. The van der Waals surface area contributed by atoms with Gasteiger partial charge in [-0.05, 0) is 50.2 Å². The van der Waals surface area contributed by atoms with Crippen LogP contribution in [0.4, 0.5) is 0 Å². The molecule has 2 heterocycles. The summed E-state index contributed by atoms with van der Waals surface area (Å²) in [4.78, 5) is 14.5. The van der Waals surface area contributed by atoms with Gasteiger partial charge in [-0.2, -0.15) is 0 Å². The minimum Gasteiger partial charge on any atom is -0.370 e. The summed E-state index contributed by atoms with van der Waals surface area (Å²) in [7, 11) is -3.14. The van der Waals surface area contributed by atoms with E-state index in [1.165, 1.54) is 11.1 Å². The maximum Gasteiger partial charge on any atom is 0.222 e. The van der Waals surface area contributed by atoms with Crippen molar-refractivity contribution in [2.75, 3.05) is 19.6 Å². The van der Waals surface area contributed by atoms with Gasteiger partial charge in [0.05, 0.1) is 17.0 Å². The highest BCUT2D eigenvalue weighted by molar-refractivity contribution is 7.90. The van der Waals surface area contributed by atoms with Crippen LogP contribution in [0.25, 0.3) is 0 Å². The summed E-state index contributed by atoms with van der Waals surface area (Å²) in [5, 5.41) is -0.185. The van der Waals surface area contributed by atoms with Crippen molar-refractivity contribution in [1.82, 2.24) is 9.62 Å². The molecular weight excluding hydrogens is 376 g/mol. The van der Waals surface area contributed by atoms with Gasteiger partial charge in [-0.1, -0.05) is 24.3 Å². The van der Waals surface area contributed by atoms with Gasteiger partial charge in [0, 0.05) is 32.5 Å². The topological polar surface area (TPSA) is 75.7 Å². The quantitative estimate of drug-likeness (QED) is 0.753. The number of hydrogen-bond donors (Lipinski definition) is 1. The molecule has 0 bridgehead atoms. The van der Waals surface area contributed by atoms with Crippen LogP contribution in [0.5, 0.6) is 0 Å². The van der Waals surface area contributed by atoms with Crippen LogP contribution < -0.4 is 4.72 Å². The van der Waals surface area contributed by atoms with Crippen LogP contribution in [0.2, 0.25) is 0 Å². The van der Waals surface area contributed by atoms with Crippen molar-refractivity contribution in [2.45, 2.75) is 68.8 Å². The molecule has 4 rings (SSSR count). The average molecular weight is 407 g/mol. The highest BCUT2D eigenvalue weighted by Crippen LogP contribution is 2.41. The van der Waals surface area contributed by atoms with E-state index in [0.717, 1.165) is 51.6 Å². The number of piperidine rings is 1. The summed E-state index contributed by atoms with van der Waals surface area (Å²) in [6.45, 7) is 3.92. The predicted octanol–water partition coefficient (Wildman–Crippen LogP) is 2.16. The molecule has 0 radical (unpaired) electrons. The zero-order valence-electron chi connectivity index (χ0n) is 16.5. The molecule has 1 N–H and O–H groups in total. The van der Waals surface area contributed by atoms with Crippen LogP contribution in [-0.4, -0.2) is 55.8 Å². The Balaban J connectivity index is 1.18. The van der Waals surface area contributed by atoms with Gasteiger partial charge in [-0.25, -0.2) is 13.1 Å². The van der Waals surface area contributed by atoms with Crippen LogP contribution in [0.1, 0.15) is 49.7 Å². The van der Waals surface area contributed by atoms with Crippen molar-refractivity contribution in [3.63, 3.8) is 0 Å². The molecule has 1 saturated carbocycles. The Kier molecular flexibility index (Phi) is 5.51. The van der Waals surface area contributed by atoms with Crippen molar-refractivity contribution in [3.8, 4) is 0 Å². The number of likely N-dealkylation sites (tertiary alicyclic amines) is 1. The van der Waals surface area contributed by atoms with Crippen LogP contribution >= 0.6 is 0 Å². The molecule has 1 amide bonds. The summed E-state index contributed by atoms with van der Waals surface area (Å²) in [5.41, 5.74) is 2.32. The third-order valence-electron chi connectivity index (χ3n) is 6.39. The number of amides is 1. The molecule has 1 spiro atoms. The van der Waals surface area contributed by atoms with Crippen molar-refractivity contribution in [1.29, 1.82) is 0 Å². The lowest BCUT2D eigenvalue weighted by molar-refractivity contribution is -0.221. The average Bonchev–Trinajstić information content (AvgIpc) is 3.50. The van der Waals surface area contributed by atoms with Gasteiger partial charge in [0.15, 0.2) is 0 Å². The van der Waals surface area contributed by atoms with Crippen LogP contribution in [-0.2, 0) is 26.0 Å². The SMILES string of the molecule is Cc1ccccc1CCC(=O)N1CCC2(CC1)C[C@H](CNS(=O)(=O)C1CC1)O2. The Labute approximate surface area is 167 Å². The molecule has 28 heavy (non-hydrogen) atoms. The summed E-state index contributed by atoms with van der Waals surface area (Å²) in [6, 6.07) is 8.22. The zero-order valence-corrected chi connectivity index (χ0v) is 17.3. The molecule has 1 aromatic rings. The molecule has 0 aromatic heterocycles. The van der Waals surface area contributed by atoms with Gasteiger partial charge < -0.3 is 9.64 Å². The highest BCUT2D eigenvalue weighted by Gasteiger charge is 2.48. The van der Waals surface area contributed by atoms with Gasteiger partial charge >= 0.3 is 0 Å². The number of nitrogens with zero attached hydrogens (tertiary/aromatic N) is 1. The molecule has 6 nitrogen and oxygen atoms in total. The molecule has 2 saturated heterocycles. The minimum absolute atomic E-state index is 0.0307. The second-order valence-corrected chi connectivity index (χ2v) is 10.6. The number of benzene rings is 1. The van der Waals surface area contributed by atoms with Crippen molar-refractivity contribution in [3.05, 3.63) is 35.4 Å². The number of carbonyl (C=O) groups is 1. The number of sulfonamides is 1. The first-order valence-electron chi connectivity index (χ1n) is 10.4. The molecule has 154 valence electrons. The van der Waals surface area contributed by atoms with E-state index >= 15 is 0 Å². The summed E-state index contributed by atoms with van der Waals surface area (Å²) in [6.07, 6.45) is 5.42. The second kappa shape index (κ2) is 7.76. The monoisotopic (exact) mass is 406 g/mol. The van der Waals surface area contributed by atoms with E-state index in [0.29, 0.717) is 13.0 Å². The summed E-state index contributed by atoms with van der Waals surface area (Å²) < 4.78 is 32.6. The van der Waals surface area contributed by atoms with E-state index in [4.69, 9.17) is 4.74 Å². The smallest absolute Gasteiger partial charge is 0.222 e. The van der Waals surface area contributed by atoms with E-state index in [1.54, 1.807) is 0 Å². The van der Waals surface area contributed by atoms with Crippen LogP contribution in [0, 0.1) is 6.92 Å². The van der Waals surface area contributed by atoms with Crippen molar-refractivity contribution < 1.29 is 17.9 Å². The molecule has 0 unspecified atom stereocenters. The van der Waals surface area contributed by atoms with Gasteiger partial charge in [0.25, 0.3) is 0 Å². The molecule has 7 heteroatoms. The molecule has 1 aliphatic carbocycles. The molecule has 3 aliphatic rings. The van der Waals surface area contributed by atoms with Crippen LogP contribution in [0.3, 0.4) is 0 Å². The zero-order chi connectivity index (χ0) is 19.8. The van der Waals surface area contributed by atoms with E-state index in [-0.39, 0.29) is 22.9 Å². The normalized spacial score (nSPS) is 24.2. The van der Waals surface area contributed by atoms with Crippen molar-refractivity contribution in [2.24, 2.45) is 0 Å². The van der Waals surface area contributed by atoms with E-state index in [1.807, 2.05) is 17.0 Å². The van der Waals surface area contributed by atoms with E-state index in [2.05, 4.69) is 23.8 Å². The molecule has 2 aliphatic heterocycles. The number of ether oxygens (including phenoxy) is 1. The molecule has 3 fully saturated rings. The lowest BCUT2D eigenvalue weighted by Gasteiger charge is -2.52. The summed E-state index contributed by atoms with van der Waals surface area (Å²) in [5.74, 6) is 0.214. The summed E-state index contributed by atoms with van der Waals surface area (Å²) >= 11 is 0. The maximum absolute atomic E-state index is 12.6. The van der Waals surface area contributed by atoms with E-state index < -0.39 is 10.0 Å². The Bertz CT molecular complexity index is 819.